The number of aromatic nitrogens is 2. The first-order valence-electron chi connectivity index (χ1n) is 3.33. The first-order chi connectivity index (χ1) is 5.69. The molecule has 1 aromatic heterocycles. The van der Waals surface area contributed by atoms with Gasteiger partial charge < -0.3 is 15.4 Å². The molecule has 0 atom stereocenters. The quantitative estimate of drug-likeness (QED) is 0.439. The minimum Gasteiger partial charge on any atom is -0.390 e. The van der Waals surface area contributed by atoms with Crippen LogP contribution in [-0.4, -0.2) is 22.1 Å². The second-order valence-corrected chi connectivity index (χ2v) is 2.17. The van der Waals surface area contributed by atoms with Gasteiger partial charge in [-0.15, -0.1) is 0 Å². The molecule has 1 rings (SSSR count). The fourth-order valence-corrected chi connectivity index (χ4v) is 0.916. The molecule has 0 amide bonds. The van der Waals surface area contributed by atoms with Crippen LogP contribution < -0.4 is 16.6 Å². The number of H-pyrrole nitrogens is 2. The van der Waals surface area contributed by atoms with Crippen LogP contribution in [0.1, 0.15) is 5.69 Å². The van der Waals surface area contributed by atoms with Crippen molar-refractivity contribution in [1.82, 2.24) is 9.97 Å². The van der Waals surface area contributed by atoms with Gasteiger partial charge in [0.2, 0.25) is 0 Å². The summed E-state index contributed by atoms with van der Waals surface area (Å²) in [5, 5.41) is 11.3. The molecule has 0 bridgehead atoms. The zero-order chi connectivity index (χ0) is 9.14. The molecule has 0 aliphatic carbocycles. The van der Waals surface area contributed by atoms with E-state index >= 15 is 0 Å². The Kier molecular flexibility index (Phi) is 2.29. The molecular weight excluding hydrogens is 162 g/mol. The zero-order valence-electron chi connectivity index (χ0n) is 6.47. The third-order valence-electron chi connectivity index (χ3n) is 1.43. The van der Waals surface area contributed by atoms with Crippen LogP contribution in [0.3, 0.4) is 0 Å². The summed E-state index contributed by atoms with van der Waals surface area (Å²) in [6.45, 7) is -0.380. The van der Waals surface area contributed by atoms with Crippen LogP contribution in [0.2, 0.25) is 0 Å². The van der Waals surface area contributed by atoms with E-state index in [4.69, 9.17) is 5.11 Å². The molecule has 0 aromatic carbocycles. The highest BCUT2D eigenvalue weighted by molar-refractivity contribution is 5.44. The van der Waals surface area contributed by atoms with Gasteiger partial charge in [-0.25, -0.2) is 4.79 Å². The van der Waals surface area contributed by atoms with Crippen molar-refractivity contribution in [2.45, 2.75) is 6.61 Å². The van der Waals surface area contributed by atoms with E-state index in [0.717, 1.165) is 0 Å². The lowest BCUT2D eigenvalue weighted by Gasteiger charge is -2.02. The first kappa shape index (κ1) is 8.54. The Balaban J connectivity index is 3.44. The Morgan fingerprint density at radius 3 is 2.58 bits per heavy atom. The van der Waals surface area contributed by atoms with E-state index in [1.165, 1.54) is 7.05 Å². The molecule has 6 nitrogen and oxygen atoms in total. The minimum absolute atomic E-state index is 0.178. The Hall–Kier alpha value is -1.56. The summed E-state index contributed by atoms with van der Waals surface area (Å²) in [6, 6.07) is 0. The summed E-state index contributed by atoms with van der Waals surface area (Å²) in [5.41, 5.74) is -0.795. The fourth-order valence-electron chi connectivity index (χ4n) is 0.916. The number of aliphatic hydroxyl groups excluding tert-OH is 1. The standard InChI is InChI=1S/C6H9N3O3/c1-7-4-3(2-10)8-6(12)9-5(4)11/h7,10H,2H2,1H3,(H2,8,9,11,12). The van der Waals surface area contributed by atoms with Gasteiger partial charge in [0, 0.05) is 7.05 Å². The van der Waals surface area contributed by atoms with Crippen molar-refractivity contribution in [3.63, 3.8) is 0 Å². The van der Waals surface area contributed by atoms with E-state index in [1.54, 1.807) is 0 Å². The molecule has 6 heteroatoms. The van der Waals surface area contributed by atoms with Gasteiger partial charge in [0.15, 0.2) is 0 Å². The van der Waals surface area contributed by atoms with E-state index in [1.807, 2.05) is 4.98 Å². The highest BCUT2D eigenvalue weighted by Gasteiger charge is 2.04. The van der Waals surface area contributed by atoms with Gasteiger partial charge in [-0.1, -0.05) is 0 Å². The van der Waals surface area contributed by atoms with Gasteiger partial charge in [-0.2, -0.15) is 0 Å². The van der Waals surface area contributed by atoms with Crippen LogP contribution in [0.5, 0.6) is 0 Å². The van der Waals surface area contributed by atoms with Crippen molar-refractivity contribution in [3.05, 3.63) is 26.5 Å². The van der Waals surface area contributed by atoms with Crippen LogP contribution in [-0.2, 0) is 6.61 Å². The van der Waals surface area contributed by atoms with E-state index in [2.05, 4.69) is 10.3 Å². The van der Waals surface area contributed by atoms with Gasteiger partial charge in [0.05, 0.1) is 12.3 Å². The van der Waals surface area contributed by atoms with Crippen molar-refractivity contribution >= 4 is 5.69 Å². The molecule has 0 radical (unpaired) electrons. The molecule has 4 N–H and O–H groups in total. The third-order valence-corrected chi connectivity index (χ3v) is 1.43. The summed E-state index contributed by atoms with van der Waals surface area (Å²) >= 11 is 0. The second kappa shape index (κ2) is 3.22. The predicted octanol–water partition coefficient (Wildman–Crippen LogP) is -1.40. The number of aromatic amines is 2. The van der Waals surface area contributed by atoms with Crippen molar-refractivity contribution in [1.29, 1.82) is 0 Å². The molecule has 1 heterocycles. The third kappa shape index (κ3) is 1.37. The SMILES string of the molecule is CNc1c(CO)[nH]c(=O)[nH]c1=O. The molecule has 0 saturated heterocycles. The van der Waals surface area contributed by atoms with Crippen molar-refractivity contribution in [3.8, 4) is 0 Å². The second-order valence-electron chi connectivity index (χ2n) is 2.17. The number of hydrogen-bond donors (Lipinski definition) is 4. The first-order valence-corrected chi connectivity index (χ1v) is 3.33. The highest BCUT2D eigenvalue weighted by Crippen LogP contribution is 2.01. The van der Waals surface area contributed by atoms with E-state index < -0.39 is 11.2 Å². The Morgan fingerprint density at radius 1 is 1.42 bits per heavy atom. The number of anilines is 1. The summed E-state index contributed by atoms with van der Waals surface area (Å²) < 4.78 is 0. The molecule has 66 valence electrons. The van der Waals surface area contributed by atoms with Crippen LogP contribution in [0.15, 0.2) is 9.59 Å². The summed E-state index contributed by atoms with van der Waals surface area (Å²) in [5.74, 6) is 0. The maximum Gasteiger partial charge on any atom is 0.326 e. The topological polar surface area (TPSA) is 98.0 Å². The fraction of sp³-hybridized carbons (Fsp3) is 0.333. The summed E-state index contributed by atoms with van der Waals surface area (Å²) in [7, 11) is 1.53. The molecule has 12 heavy (non-hydrogen) atoms. The monoisotopic (exact) mass is 171 g/mol. The smallest absolute Gasteiger partial charge is 0.326 e. The van der Waals surface area contributed by atoms with Gasteiger partial charge >= 0.3 is 5.69 Å². The average Bonchev–Trinajstić information content (AvgIpc) is 2.03. The zero-order valence-corrected chi connectivity index (χ0v) is 6.47. The van der Waals surface area contributed by atoms with Crippen molar-refractivity contribution < 1.29 is 5.11 Å². The van der Waals surface area contributed by atoms with Gasteiger partial charge in [-0.05, 0) is 0 Å². The molecule has 1 aromatic rings. The number of rotatable bonds is 2. The Labute approximate surface area is 67.3 Å². The maximum absolute atomic E-state index is 11.0. The number of aliphatic hydroxyl groups is 1. The van der Waals surface area contributed by atoms with Gasteiger partial charge in [-0.3, -0.25) is 9.78 Å². The lowest BCUT2D eigenvalue weighted by molar-refractivity contribution is 0.277. The predicted molar refractivity (Wildman–Crippen MR) is 43.2 cm³/mol. The largest absolute Gasteiger partial charge is 0.390 e. The van der Waals surface area contributed by atoms with E-state index in [-0.39, 0.29) is 18.0 Å². The molecule has 0 spiro atoms. The van der Waals surface area contributed by atoms with Gasteiger partial charge in [0.1, 0.15) is 5.69 Å². The van der Waals surface area contributed by atoms with E-state index in [0.29, 0.717) is 0 Å². The van der Waals surface area contributed by atoms with E-state index in [9.17, 15) is 9.59 Å². The lowest BCUT2D eigenvalue weighted by Crippen LogP contribution is -2.26. The Morgan fingerprint density at radius 2 is 2.08 bits per heavy atom. The molecule has 0 unspecified atom stereocenters. The summed E-state index contributed by atoms with van der Waals surface area (Å²) in [6.07, 6.45) is 0. The van der Waals surface area contributed by atoms with Crippen molar-refractivity contribution in [2.75, 3.05) is 12.4 Å². The van der Waals surface area contributed by atoms with Crippen LogP contribution in [0.25, 0.3) is 0 Å². The molecule has 0 fully saturated rings. The van der Waals surface area contributed by atoms with Crippen LogP contribution in [0.4, 0.5) is 5.69 Å². The molecular formula is C6H9N3O3. The average molecular weight is 171 g/mol. The molecule has 0 aliphatic rings. The maximum atomic E-state index is 11.0. The molecule has 0 saturated carbocycles. The van der Waals surface area contributed by atoms with Crippen LogP contribution in [0, 0.1) is 0 Å². The highest BCUT2D eigenvalue weighted by atomic mass is 16.3. The Bertz CT molecular complexity index is 378. The van der Waals surface area contributed by atoms with Crippen LogP contribution >= 0.6 is 0 Å². The van der Waals surface area contributed by atoms with Crippen molar-refractivity contribution in [2.24, 2.45) is 0 Å². The molecule has 0 aliphatic heterocycles. The lowest BCUT2D eigenvalue weighted by atomic mass is 10.3. The van der Waals surface area contributed by atoms with Gasteiger partial charge in [0.25, 0.3) is 5.56 Å². The number of hydrogen-bond acceptors (Lipinski definition) is 4. The normalized spacial score (nSPS) is 9.83. The summed E-state index contributed by atoms with van der Waals surface area (Å²) in [4.78, 5) is 26.0. The minimum atomic E-state index is -0.622. The number of nitrogens with one attached hydrogen (secondary N) is 3.